The third-order valence-electron chi connectivity index (χ3n) is 1.78. The number of rotatable bonds is 2. The molecule has 0 unspecified atom stereocenters. The maximum absolute atomic E-state index is 13.2. The van der Waals surface area contributed by atoms with Crippen LogP contribution in [0.5, 0.6) is 10.8 Å². The summed E-state index contributed by atoms with van der Waals surface area (Å²) in [4.78, 5) is 3.79. The van der Waals surface area contributed by atoms with Gasteiger partial charge in [-0.25, -0.2) is 9.37 Å². The van der Waals surface area contributed by atoms with Gasteiger partial charge in [-0.3, -0.25) is 0 Å². The number of hydrogen-bond donors (Lipinski definition) is 1. The minimum Gasteiger partial charge on any atom is -0.445 e. The number of anilines is 1. The van der Waals surface area contributed by atoms with Crippen molar-refractivity contribution >= 4 is 16.5 Å². The van der Waals surface area contributed by atoms with Crippen LogP contribution in [0.4, 0.5) is 9.52 Å². The SMILES string of the molecule is N#Cc1ccc(Oc2cnc(N)s2)cc1F. The van der Waals surface area contributed by atoms with E-state index in [2.05, 4.69) is 4.98 Å². The van der Waals surface area contributed by atoms with Crippen LogP contribution in [0, 0.1) is 17.1 Å². The van der Waals surface area contributed by atoms with Crippen molar-refractivity contribution in [2.24, 2.45) is 0 Å². The molecule has 1 aromatic carbocycles. The molecule has 0 aliphatic heterocycles. The molecular formula is C10H6FN3OS. The van der Waals surface area contributed by atoms with E-state index in [1.807, 2.05) is 0 Å². The Kier molecular flexibility index (Phi) is 2.70. The van der Waals surface area contributed by atoms with Crippen molar-refractivity contribution in [3.8, 4) is 16.9 Å². The lowest BCUT2D eigenvalue weighted by molar-refractivity contribution is 0.488. The molecular weight excluding hydrogens is 229 g/mol. The first-order valence-electron chi connectivity index (χ1n) is 4.28. The maximum atomic E-state index is 13.2. The summed E-state index contributed by atoms with van der Waals surface area (Å²) in [6, 6.07) is 5.75. The molecule has 0 aliphatic carbocycles. The van der Waals surface area contributed by atoms with E-state index in [0.29, 0.717) is 15.9 Å². The number of benzene rings is 1. The molecule has 0 amide bonds. The van der Waals surface area contributed by atoms with Crippen LogP contribution in [0.3, 0.4) is 0 Å². The number of nitrogens with zero attached hydrogens (tertiary/aromatic N) is 2. The molecule has 0 saturated carbocycles. The number of nitrogen functional groups attached to an aromatic ring is 1. The van der Waals surface area contributed by atoms with E-state index in [0.717, 1.165) is 17.4 Å². The van der Waals surface area contributed by atoms with Gasteiger partial charge in [-0.1, -0.05) is 11.3 Å². The zero-order valence-electron chi connectivity index (χ0n) is 7.98. The van der Waals surface area contributed by atoms with Gasteiger partial charge in [-0.15, -0.1) is 0 Å². The summed E-state index contributed by atoms with van der Waals surface area (Å²) in [6.45, 7) is 0. The van der Waals surface area contributed by atoms with Gasteiger partial charge in [-0.05, 0) is 12.1 Å². The summed E-state index contributed by atoms with van der Waals surface area (Å²) in [6.07, 6.45) is 1.45. The van der Waals surface area contributed by atoms with Gasteiger partial charge in [-0.2, -0.15) is 5.26 Å². The average Bonchev–Trinajstić information content (AvgIpc) is 2.64. The highest BCUT2D eigenvalue weighted by atomic mass is 32.1. The quantitative estimate of drug-likeness (QED) is 0.868. The van der Waals surface area contributed by atoms with Gasteiger partial charge in [0.15, 0.2) is 5.13 Å². The molecule has 0 aliphatic rings. The molecule has 1 heterocycles. The molecule has 0 spiro atoms. The van der Waals surface area contributed by atoms with Gasteiger partial charge in [0.1, 0.15) is 17.6 Å². The molecule has 0 radical (unpaired) electrons. The first-order chi connectivity index (χ1) is 7.69. The normalized spacial score (nSPS) is 9.75. The Morgan fingerprint density at radius 3 is 2.88 bits per heavy atom. The minimum absolute atomic E-state index is 0.0174. The van der Waals surface area contributed by atoms with E-state index in [-0.39, 0.29) is 5.56 Å². The average molecular weight is 235 g/mol. The number of nitriles is 1. The van der Waals surface area contributed by atoms with Gasteiger partial charge < -0.3 is 10.5 Å². The molecule has 2 N–H and O–H groups in total. The lowest BCUT2D eigenvalue weighted by Gasteiger charge is -2.02. The fourth-order valence-electron chi connectivity index (χ4n) is 1.09. The van der Waals surface area contributed by atoms with Crippen molar-refractivity contribution in [1.29, 1.82) is 5.26 Å². The summed E-state index contributed by atoms with van der Waals surface area (Å²) in [5.41, 5.74) is 5.40. The number of nitrogens with two attached hydrogens (primary N) is 1. The van der Waals surface area contributed by atoms with Crippen LogP contribution < -0.4 is 10.5 Å². The summed E-state index contributed by atoms with van der Waals surface area (Å²) < 4.78 is 18.5. The Morgan fingerprint density at radius 1 is 1.50 bits per heavy atom. The van der Waals surface area contributed by atoms with Gasteiger partial charge in [0, 0.05) is 6.07 Å². The van der Waals surface area contributed by atoms with Crippen molar-refractivity contribution in [3.63, 3.8) is 0 Å². The van der Waals surface area contributed by atoms with Crippen LogP contribution in [0.25, 0.3) is 0 Å². The van der Waals surface area contributed by atoms with E-state index in [9.17, 15) is 4.39 Å². The standard InChI is InChI=1S/C10H6FN3OS/c11-8-3-7(2-1-6(8)4-12)15-9-5-14-10(13)16-9/h1-3,5H,(H2,13,14). The highest BCUT2D eigenvalue weighted by molar-refractivity contribution is 7.17. The van der Waals surface area contributed by atoms with Crippen molar-refractivity contribution < 1.29 is 9.13 Å². The molecule has 1 aromatic heterocycles. The summed E-state index contributed by atoms with van der Waals surface area (Å²) >= 11 is 1.16. The third-order valence-corrected chi connectivity index (χ3v) is 2.49. The molecule has 0 saturated heterocycles. The van der Waals surface area contributed by atoms with Crippen LogP contribution in [-0.2, 0) is 0 Å². The number of aromatic nitrogens is 1. The molecule has 0 atom stereocenters. The lowest BCUT2D eigenvalue weighted by Crippen LogP contribution is -1.86. The van der Waals surface area contributed by atoms with Crippen LogP contribution in [0.1, 0.15) is 5.56 Å². The van der Waals surface area contributed by atoms with E-state index < -0.39 is 5.82 Å². The Labute approximate surface area is 94.7 Å². The van der Waals surface area contributed by atoms with Crippen molar-refractivity contribution in [3.05, 3.63) is 35.8 Å². The number of thiazole rings is 1. The van der Waals surface area contributed by atoms with Crippen LogP contribution in [0.2, 0.25) is 0 Å². The van der Waals surface area contributed by atoms with E-state index in [4.69, 9.17) is 15.7 Å². The topological polar surface area (TPSA) is 71.9 Å². The molecule has 4 nitrogen and oxygen atoms in total. The summed E-state index contributed by atoms with van der Waals surface area (Å²) in [7, 11) is 0. The fraction of sp³-hybridized carbons (Fsp3) is 0. The number of halogens is 1. The summed E-state index contributed by atoms with van der Waals surface area (Å²) in [5, 5.41) is 9.40. The second kappa shape index (κ2) is 4.16. The highest BCUT2D eigenvalue weighted by Gasteiger charge is 2.06. The van der Waals surface area contributed by atoms with Gasteiger partial charge in [0.25, 0.3) is 0 Å². The fourth-order valence-corrected chi connectivity index (χ4v) is 1.64. The molecule has 80 valence electrons. The Balaban J connectivity index is 2.23. The first-order valence-corrected chi connectivity index (χ1v) is 5.09. The molecule has 0 bridgehead atoms. The van der Waals surface area contributed by atoms with Crippen molar-refractivity contribution in [1.82, 2.24) is 4.98 Å². The Bertz CT molecular complexity index is 561. The zero-order chi connectivity index (χ0) is 11.5. The van der Waals surface area contributed by atoms with Gasteiger partial charge in [0.05, 0.1) is 11.8 Å². The molecule has 2 rings (SSSR count). The second-order valence-corrected chi connectivity index (χ2v) is 3.90. The smallest absolute Gasteiger partial charge is 0.202 e. The minimum atomic E-state index is -0.613. The summed E-state index contributed by atoms with van der Waals surface area (Å²) in [5.74, 6) is -0.308. The Hall–Kier alpha value is -2.13. The van der Waals surface area contributed by atoms with Crippen molar-refractivity contribution in [2.75, 3.05) is 5.73 Å². The molecule has 2 aromatic rings. The predicted molar refractivity (Wildman–Crippen MR) is 57.7 cm³/mol. The Morgan fingerprint density at radius 2 is 2.31 bits per heavy atom. The second-order valence-electron chi connectivity index (χ2n) is 2.87. The number of hydrogen-bond acceptors (Lipinski definition) is 5. The lowest BCUT2D eigenvalue weighted by atomic mass is 10.2. The van der Waals surface area contributed by atoms with Crippen molar-refractivity contribution in [2.45, 2.75) is 0 Å². The maximum Gasteiger partial charge on any atom is 0.202 e. The molecule has 0 fully saturated rings. The first kappa shape index (κ1) is 10.4. The van der Waals surface area contributed by atoms with E-state index >= 15 is 0 Å². The highest BCUT2D eigenvalue weighted by Crippen LogP contribution is 2.29. The van der Waals surface area contributed by atoms with Crippen LogP contribution >= 0.6 is 11.3 Å². The predicted octanol–water partition coefficient (Wildman–Crippen LogP) is 2.53. The van der Waals surface area contributed by atoms with Crippen LogP contribution in [0.15, 0.2) is 24.4 Å². The zero-order valence-corrected chi connectivity index (χ0v) is 8.79. The largest absolute Gasteiger partial charge is 0.445 e. The van der Waals surface area contributed by atoms with Crippen LogP contribution in [-0.4, -0.2) is 4.98 Å². The third kappa shape index (κ3) is 2.10. The molecule has 16 heavy (non-hydrogen) atoms. The number of ether oxygens (including phenoxy) is 1. The molecule has 6 heteroatoms. The van der Waals surface area contributed by atoms with Gasteiger partial charge in [0.2, 0.25) is 5.06 Å². The van der Waals surface area contributed by atoms with Gasteiger partial charge >= 0.3 is 0 Å². The van der Waals surface area contributed by atoms with E-state index in [1.165, 1.54) is 18.3 Å². The monoisotopic (exact) mass is 235 g/mol. The van der Waals surface area contributed by atoms with E-state index in [1.54, 1.807) is 6.07 Å².